The van der Waals surface area contributed by atoms with Crippen LogP contribution in [0.25, 0.3) is 22.0 Å². The van der Waals surface area contributed by atoms with Crippen molar-refractivity contribution in [1.82, 2.24) is 9.78 Å². The molecule has 162 valence electrons. The molecule has 1 aliphatic rings. The summed E-state index contributed by atoms with van der Waals surface area (Å²) >= 11 is 0. The number of hydrogen-bond donors (Lipinski definition) is 2. The van der Waals surface area contributed by atoms with Crippen LogP contribution in [0.3, 0.4) is 0 Å². The molecule has 2 aromatic carbocycles. The van der Waals surface area contributed by atoms with Crippen LogP contribution >= 0.6 is 0 Å². The number of quaternary nitrogens is 1. The Labute approximate surface area is 181 Å². The lowest BCUT2D eigenvalue weighted by Crippen LogP contribution is -2.66. The van der Waals surface area contributed by atoms with Gasteiger partial charge in [-0.15, -0.1) is 0 Å². The van der Waals surface area contributed by atoms with Gasteiger partial charge in [0, 0.05) is 18.2 Å². The number of carbonyl (C=O) groups is 2. The molecule has 0 unspecified atom stereocenters. The molecule has 1 saturated heterocycles. The van der Waals surface area contributed by atoms with Crippen molar-refractivity contribution < 1.29 is 19.2 Å². The highest BCUT2D eigenvalue weighted by Gasteiger charge is 2.50. The third kappa shape index (κ3) is 3.49. The Bertz CT molecular complexity index is 1140. The van der Waals surface area contributed by atoms with E-state index in [9.17, 15) is 14.7 Å². The molecule has 3 N–H and O–H groups in total. The fourth-order valence-electron chi connectivity index (χ4n) is 4.83. The second-order valence-electron chi connectivity index (χ2n) is 9.38. The van der Waals surface area contributed by atoms with Crippen molar-refractivity contribution in [2.24, 2.45) is 5.73 Å². The maximum atomic E-state index is 12.2. The standard InChI is InChI=1S/C24H28N4O3/c1-24(2,3)28(23(30)31)11-9-18(10-12-28)27-21-14-17(16-7-5-4-6-8-16)13-19(22(25)29)20(21)15-26-27/h4-8,13-15,18H,9-12H2,1-3H3,(H2-,25,29,30,31)/p+1. The maximum Gasteiger partial charge on any atom is 0.513 e. The third-order valence-corrected chi connectivity index (χ3v) is 6.77. The van der Waals surface area contributed by atoms with E-state index in [2.05, 4.69) is 5.10 Å². The van der Waals surface area contributed by atoms with Gasteiger partial charge < -0.3 is 10.8 Å². The van der Waals surface area contributed by atoms with Gasteiger partial charge in [-0.05, 0) is 44.0 Å². The van der Waals surface area contributed by atoms with Gasteiger partial charge in [-0.25, -0.2) is 4.48 Å². The van der Waals surface area contributed by atoms with Crippen LogP contribution in [0.5, 0.6) is 0 Å². The Morgan fingerprint density at radius 1 is 1.10 bits per heavy atom. The quantitative estimate of drug-likeness (QED) is 0.611. The van der Waals surface area contributed by atoms with E-state index in [0.29, 0.717) is 31.5 Å². The normalized spacial score (nSPS) is 21.8. The van der Waals surface area contributed by atoms with Gasteiger partial charge in [0.05, 0.1) is 36.4 Å². The number of piperidine rings is 1. The molecule has 0 atom stereocenters. The Balaban J connectivity index is 1.75. The second kappa shape index (κ2) is 7.50. The van der Waals surface area contributed by atoms with E-state index in [0.717, 1.165) is 22.0 Å². The number of fused-ring (bicyclic) bond motifs is 1. The largest absolute Gasteiger partial charge is 0.513 e. The van der Waals surface area contributed by atoms with E-state index in [1.165, 1.54) is 0 Å². The minimum absolute atomic E-state index is 0.0461. The molecule has 3 aromatic rings. The van der Waals surface area contributed by atoms with E-state index < -0.39 is 12.0 Å². The number of likely N-dealkylation sites (tertiary alicyclic amines) is 1. The lowest BCUT2D eigenvalue weighted by atomic mass is 9.93. The Morgan fingerprint density at radius 2 is 1.74 bits per heavy atom. The van der Waals surface area contributed by atoms with Crippen molar-refractivity contribution in [3.8, 4) is 11.1 Å². The van der Waals surface area contributed by atoms with E-state index in [1.54, 1.807) is 6.20 Å². The van der Waals surface area contributed by atoms with Crippen LogP contribution in [0.15, 0.2) is 48.7 Å². The number of carbonyl (C=O) groups excluding carboxylic acids is 1. The molecule has 7 heteroatoms. The second-order valence-corrected chi connectivity index (χ2v) is 9.38. The Kier molecular flexibility index (Phi) is 5.09. The first-order chi connectivity index (χ1) is 14.6. The van der Waals surface area contributed by atoms with E-state index >= 15 is 0 Å². The summed E-state index contributed by atoms with van der Waals surface area (Å²) < 4.78 is 2.00. The molecule has 1 fully saturated rings. The fraction of sp³-hybridized carbons (Fsp3) is 0.375. The predicted molar refractivity (Wildman–Crippen MR) is 120 cm³/mol. The lowest BCUT2D eigenvalue weighted by molar-refractivity contribution is -0.908. The monoisotopic (exact) mass is 421 g/mol. The molecule has 0 radical (unpaired) electrons. The van der Waals surface area contributed by atoms with Crippen molar-refractivity contribution in [3.05, 3.63) is 54.2 Å². The average molecular weight is 422 g/mol. The molecule has 4 rings (SSSR count). The third-order valence-electron chi connectivity index (χ3n) is 6.77. The van der Waals surface area contributed by atoms with Gasteiger partial charge in [0.15, 0.2) is 0 Å². The first kappa shape index (κ1) is 21.1. The predicted octanol–water partition coefficient (Wildman–Crippen LogP) is 4.43. The first-order valence-electron chi connectivity index (χ1n) is 10.6. The zero-order valence-corrected chi connectivity index (χ0v) is 18.2. The number of nitrogens with zero attached hydrogens (tertiary/aromatic N) is 3. The molecule has 0 spiro atoms. The van der Waals surface area contributed by atoms with Crippen LogP contribution in [-0.2, 0) is 0 Å². The summed E-state index contributed by atoms with van der Waals surface area (Å²) in [5.41, 5.74) is 8.51. The highest BCUT2D eigenvalue weighted by molar-refractivity contribution is 6.07. The van der Waals surface area contributed by atoms with E-state index in [-0.39, 0.29) is 16.1 Å². The van der Waals surface area contributed by atoms with Crippen LogP contribution in [-0.4, -0.2) is 50.0 Å². The molecular formula is C24H29N4O3+. The summed E-state index contributed by atoms with van der Waals surface area (Å²) in [5, 5.41) is 15.3. The van der Waals surface area contributed by atoms with Crippen molar-refractivity contribution in [2.75, 3.05) is 13.1 Å². The molecule has 2 heterocycles. The van der Waals surface area contributed by atoms with Gasteiger partial charge in [0.25, 0.3) is 0 Å². The summed E-state index contributed by atoms with van der Waals surface area (Å²) in [6.45, 7) is 7.01. The van der Waals surface area contributed by atoms with Gasteiger partial charge in [-0.3, -0.25) is 9.48 Å². The number of benzene rings is 2. The highest BCUT2D eigenvalue weighted by atomic mass is 16.4. The number of hydrogen-bond acceptors (Lipinski definition) is 3. The molecule has 0 saturated carbocycles. The van der Waals surface area contributed by atoms with Crippen molar-refractivity contribution in [2.45, 2.75) is 45.2 Å². The van der Waals surface area contributed by atoms with Gasteiger partial charge in [-0.2, -0.15) is 9.89 Å². The van der Waals surface area contributed by atoms with E-state index in [1.807, 2.05) is 67.9 Å². The van der Waals surface area contributed by atoms with Crippen LogP contribution < -0.4 is 5.73 Å². The number of nitrogens with two attached hydrogens (primary N) is 1. The molecule has 1 aliphatic heterocycles. The van der Waals surface area contributed by atoms with Gasteiger partial charge in [0.2, 0.25) is 5.91 Å². The summed E-state index contributed by atoms with van der Waals surface area (Å²) in [5.74, 6) is -0.486. The van der Waals surface area contributed by atoms with Crippen molar-refractivity contribution in [1.29, 1.82) is 0 Å². The van der Waals surface area contributed by atoms with Gasteiger partial charge >= 0.3 is 6.09 Å². The SMILES string of the molecule is CC(C)(C)[N+]1(C(=O)O)CCC(n2ncc3c(C(N)=O)cc(-c4ccccc4)cc32)CC1. The minimum Gasteiger partial charge on any atom is -0.435 e. The lowest BCUT2D eigenvalue weighted by Gasteiger charge is -2.47. The summed E-state index contributed by atoms with van der Waals surface area (Å²) in [6.07, 6.45) is 2.31. The number of primary amides is 1. The van der Waals surface area contributed by atoms with Gasteiger partial charge in [0.1, 0.15) is 5.54 Å². The smallest absolute Gasteiger partial charge is 0.435 e. The molecule has 1 aromatic heterocycles. The van der Waals surface area contributed by atoms with Crippen LogP contribution in [0.4, 0.5) is 4.79 Å². The van der Waals surface area contributed by atoms with Crippen molar-refractivity contribution in [3.63, 3.8) is 0 Å². The number of rotatable bonds is 3. The molecule has 2 amide bonds. The fourth-order valence-corrected chi connectivity index (χ4v) is 4.83. The first-order valence-corrected chi connectivity index (χ1v) is 10.6. The van der Waals surface area contributed by atoms with Crippen LogP contribution in [0.2, 0.25) is 0 Å². The zero-order chi connectivity index (χ0) is 22.4. The molecule has 7 nitrogen and oxygen atoms in total. The van der Waals surface area contributed by atoms with E-state index in [4.69, 9.17) is 5.73 Å². The zero-order valence-electron chi connectivity index (χ0n) is 18.2. The van der Waals surface area contributed by atoms with Crippen molar-refractivity contribution >= 4 is 22.9 Å². The molecule has 0 bridgehead atoms. The minimum atomic E-state index is -0.779. The summed E-state index contributed by atoms with van der Waals surface area (Å²) in [6, 6.07) is 13.8. The molecular weight excluding hydrogens is 392 g/mol. The summed E-state index contributed by atoms with van der Waals surface area (Å²) in [4.78, 5) is 24.3. The topological polar surface area (TPSA) is 98.2 Å². The van der Waals surface area contributed by atoms with Crippen LogP contribution in [0, 0.1) is 0 Å². The van der Waals surface area contributed by atoms with Crippen LogP contribution in [0.1, 0.15) is 50.0 Å². The van der Waals surface area contributed by atoms with Gasteiger partial charge in [-0.1, -0.05) is 30.3 Å². The molecule has 0 aliphatic carbocycles. The maximum absolute atomic E-state index is 12.2. The number of aromatic nitrogens is 2. The molecule has 31 heavy (non-hydrogen) atoms. The Morgan fingerprint density at radius 3 is 2.29 bits per heavy atom. The summed E-state index contributed by atoms with van der Waals surface area (Å²) in [7, 11) is 0. The number of amides is 2. The number of carboxylic acid groups (broad SMARTS) is 1. The highest BCUT2D eigenvalue weighted by Crippen LogP contribution is 2.37. The average Bonchev–Trinajstić information content (AvgIpc) is 3.16. The Hall–Kier alpha value is -3.19.